The van der Waals surface area contributed by atoms with Crippen molar-refractivity contribution < 1.29 is 18.0 Å². The first-order valence-electron chi connectivity index (χ1n) is 5.92. The zero-order valence-electron chi connectivity index (χ0n) is 10.5. The minimum absolute atomic E-state index is 0.0424. The van der Waals surface area contributed by atoms with Gasteiger partial charge in [0.05, 0.1) is 12.0 Å². The third-order valence-corrected chi connectivity index (χ3v) is 2.50. The predicted octanol–water partition coefficient (Wildman–Crippen LogP) is 3.11. The molecule has 0 bridgehead atoms. The summed E-state index contributed by atoms with van der Waals surface area (Å²) in [5.41, 5.74) is 0.0424. The Kier molecular flexibility index (Phi) is 3.34. The Bertz CT molecular complexity index is 754. The molecule has 2 aromatic heterocycles. The van der Waals surface area contributed by atoms with E-state index in [9.17, 15) is 9.18 Å². The number of anilines is 2. The van der Waals surface area contributed by atoms with Crippen LogP contribution >= 0.6 is 0 Å². The van der Waals surface area contributed by atoms with Gasteiger partial charge in [-0.3, -0.25) is 5.32 Å². The van der Waals surface area contributed by atoms with E-state index >= 15 is 0 Å². The zero-order chi connectivity index (χ0) is 14.7. The summed E-state index contributed by atoms with van der Waals surface area (Å²) in [6.45, 7) is 0. The van der Waals surface area contributed by atoms with Crippen LogP contribution in [-0.2, 0) is 0 Å². The number of carbonyl (C=O) groups excluding carboxylic acids is 1. The Hall–Kier alpha value is -3.16. The highest BCUT2D eigenvalue weighted by molar-refractivity contribution is 5.98. The molecule has 21 heavy (non-hydrogen) atoms. The van der Waals surface area contributed by atoms with Crippen molar-refractivity contribution in [2.75, 3.05) is 10.6 Å². The van der Waals surface area contributed by atoms with E-state index < -0.39 is 11.8 Å². The van der Waals surface area contributed by atoms with Gasteiger partial charge in [-0.2, -0.15) is 0 Å². The maximum absolute atomic E-state index is 13.4. The molecule has 0 unspecified atom stereocenters. The molecule has 0 aliphatic heterocycles. The van der Waals surface area contributed by atoms with Crippen molar-refractivity contribution in [3.8, 4) is 11.7 Å². The highest BCUT2D eigenvalue weighted by Gasteiger charge is 2.13. The maximum atomic E-state index is 13.4. The zero-order valence-corrected chi connectivity index (χ0v) is 10.5. The first-order valence-corrected chi connectivity index (χ1v) is 5.92. The van der Waals surface area contributed by atoms with Crippen molar-refractivity contribution in [2.24, 2.45) is 0 Å². The molecule has 0 saturated carbocycles. The van der Waals surface area contributed by atoms with Gasteiger partial charge in [0.1, 0.15) is 5.82 Å². The second-order valence-corrected chi connectivity index (χ2v) is 3.95. The van der Waals surface area contributed by atoms with Crippen LogP contribution in [0.2, 0.25) is 0 Å². The Morgan fingerprint density at radius 3 is 2.71 bits per heavy atom. The van der Waals surface area contributed by atoms with E-state index in [0.717, 1.165) is 0 Å². The predicted molar refractivity (Wildman–Crippen MR) is 71.0 cm³/mol. The molecule has 0 atom stereocenters. The summed E-state index contributed by atoms with van der Waals surface area (Å²) < 4.78 is 23.6. The number of hydrogen-bond acceptors (Lipinski definition) is 5. The van der Waals surface area contributed by atoms with Crippen LogP contribution in [0.4, 0.5) is 20.9 Å². The number of rotatable bonds is 3. The van der Waals surface area contributed by atoms with Crippen molar-refractivity contribution in [1.82, 2.24) is 10.2 Å². The molecule has 106 valence electrons. The maximum Gasteiger partial charge on any atom is 0.327 e. The summed E-state index contributed by atoms with van der Waals surface area (Å²) in [4.78, 5) is 11.7. The van der Waals surface area contributed by atoms with Crippen LogP contribution < -0.4 is 10.6 Å². The second-order valence-electron chi connectivity index (χ2n) is 3.95. The van der Waals surface area contributed by atoms with Gasteiger partial charge < -0.3 is 14.2 Å². The van der Waals surface area contributed by atoms with Crippen molar-refractivity contribution in [3.63, 3.8) is 0 Å². The van der Waals surface area contributed by atoms with E-state index in [1.54, 1.807) is 18.2 Å². The molecule has 7 nitrogen and oxygen atoms in total. The van der Waals surface area contributed by atoms with Crippen molar-refractivity contribution >= 4 is 17.7 Å². The number of para-hydroxylation sites is 1. The number of urea groups is 1. The highest BCUT2D eigenvalue weighted by Crippen LogP contribution is 2.20. The van der Waals surface area contributed by atoms with Crippen LogP contribution in [0.25, 0.3) is 11.7 Å². The van der Waals surface area contributed by atoms with Gasteiger partial charge in [-0.15, -0.1) is 5.10 Å². The molecule has 2 heterocycles. The summed E-state index contributed by atoms with van der Waals surface area (Å²) in [6, 6.07) is 8.25. The van der Waals surface area contributed by atoms with E-state index in [1.165, 1.54) is 24.5 Å². The molecule has 8 heteroatoms. The summed E-state index contributed by atoms with van der Waals surface area (Å²) in [5.74, 6) is -0.0410. The lowest BCUT2D eigenvalue weighted by atomic mass is 10.3. The van der Waals surface area contributed by atoms with Gasteiger partial charge in [-0.25, -0.2) is 9.18 Å². The van der Waals surface area contributed by atoms with Crippen LogP contribution in [0.15, 0.2) is 51.5 Å². The van der Waals surface area contributed by atoms with Crippen molar-refractivity contribution in [2.45, 2.75) is 0 Å². The lowest BCUT2D eigenvalue weighted by Crippen LogP contribution is -2.20. The average molecular weight is 288 g/mol. The lowest BCUT2D eigenvalue weighted by molar-refractivity contribution is 0.261. The normalized spacial score (nSPS) is 10.3. The standard InChI is InChI=1S/C13H9FN4O3/c14-8-4-1-2-5-9(8)15-12(19)16-13-18-17-11(21-13)10-6-3-7-20-10/h1-7H,(H2,15,16,18,19). The fourth-order valence-electron chi connectivity index (χ4n) is 1.59. The van der Waals surface area contributed by atoms with Crippen LogP contribution in [0.5, 0.6) is 0 Å². The minimum atomic E-state index is -0.699. The number of carbonyl (C=O) groups is 1. The largest absolute Gasteiger partial charge is 0.459 e. The lowest BCUT2D eigenvalue weighted by Gasteiger charge is -2.04. The quantitative estimate of drug-likeness (QED) is 0.772. The van der Waals surface area contributed by atoms with E-state index in [0.29, 0.717) is 5.76 Å². The minimum Gasteiger partial charge on any atom is -0.459 e. The second kappa shape index (κ2) is 5.45. The summed E-state index contributed by atoms with van der Waals surface area (Å²) >= 11 is 0. The number of hydrogen-bond donors (Lipinski definition) is 2. The molecule has 0 spiro atoms. The first kappa shape index (κ1) is 12.9. The Balaban J connectivity index is 1.67. The van der Waals surface area contributed by atoms with Crippen LogP contribution in [0, 0.1) is 5.82 Å². The number of amides is 2. The SMILES string of the molecule is O=C(Nc1nnc(-c2ccco2)o1)Nc1ccccc1F. The van der Waals surface area contributed by atoms with E-state index in [2.05, 4.69) is 20.8 Å². The average Bonchev–Trinajstić information content (AvgIpc) is 3.12. The molecule has 0 radical (unpaired) electrons. The van der Waals surface area contributed by atoms with Crippen LogP contribution in [0.1, 0.15) is 0 Å². The summed E-state index contributed by atoms with van der Waals surface area (Å²) in [5, 5.41) is 12.0. The van der Waals surface area contributed by atoms with Gasteiger partial charge in [-0.05, 0) is 24.3 Å². The Morgan fingerprint density at radius 2 is 1.95 bits per heavy atom. The Morgan fingerprint density at radius 1 is 1.10 bits per heavy atom. The Labute approximate surface area is 117 Å². The number of nitrogens with one attached hydrogen (secondary N) is 2. The molecule has 2 amide bonds. The molecule has 0 aliphatic rings. The summed E-state index contributed by atoms with van der Waals surface area (Å²) in [7, 11) is 0. The molecule has 0 fully saturated rings. The van der Waals surface area contributed by atoms with Crippen LogP contribution in [0.3, 0.4) is 0 Å². The summed E-state index contributed by atoms with van der Waals surface area (Å²) in [6.07, 6.45) is 1.46. The van der Waals surface area contributed by atoms with Gasteiger partial charge in [0, 0.05) is 0 Å². The van der Waals surface area contributed by atoms with E-state index in [-0.39, 0.29) is 17.6 Å². The molecule has 3 aromatic rings. The number of benzene rings is 1. The van der Waals surface area contributed by atoms with Gasteiger partial charge in [-0.1, -0.05) is 17.2 Å². The number of halogens is 1. The number of furan rings is 1. The molecule has 1 aromatic carbocycles. The molecule has 2 N–H and O–H groups in total. The molecule has 3 rings (SSSR count). The van der Waals surface area contributed by atoms with Gasteiger partial charge in [0.25, 0.3) is 5.89 Å². The van der Waals surface area contributed by atoms with Gasteiger partial charge in [0.15, 0.2) is 5.76 Å². The molecular weight excluding hydrogens is 279 g/mol. The van der Waals surface area contributed by atoms with E-state index in [4.69, 9.17) is 8.83 Å². The van der Waals surface area contributed by atoms with Crippen molar-refractivity contribution in [3.05, 3.63) is 48.5 Å². The molecule has 0 aliphatic carbocycles. The van der Waals surface area contributed by atoms with Crippen LogP contribution in [-0.4, -0.2) is 16.2 Å². The topological polar surface area (TPSA) is 93.2 Å². The fraction of sp³-hybridized carbons (Fsp3) is 0. The number of nitrogens with zero attached hydrogens (tertiary/aromatic N) is 2. The van der Waals surface area contributed by atoms with Gasteiger partial charge in [0.2, 0.25) is 0 Å². The smallest absolute Gasteiger partial charge is 0.327 e. The monoisotopic (exact) mass is 288 g/mol. The first-order chi connectivity index (χ1) is 10.2. The third kappa shape index (κ3) is 2.89. The van der Waals surface area contributed by atoms with E-state index in [1.807, 2.05) is 0 Å². The van der Waals surface area contributed by atoms with Gasteiger partial charge >= 0.3 is 12.0 Å². The highest BCUT2D eigenvalue weighted by atomic mass is 19.1. The van der Waals surface area contributed by atoms with Crippen molar-refractivity contribution in [1.29, 1.82) is 0 Å². The fourth-order valence-corrected chi connectivity index (χ4v) is 1.59. The molecular formula is C13H9FN4O3. The number of aromatic nitrogens is 2. The third-order valence-electron chi connectivity index (χ3n) is 2.50. The molecule has 0 saturated heterocycles.